The number of ether oxygens (including phenoxy) is 2. The molecule has 3 N–H and O–H groups in total. The zero-order valence-electron chi connectivity index (χ0n) is 18.8. The summed E-state index contributed by atoms with van der Waals surface area (Å²) in [4.78, 5) is 38.4. The number of nitrogens with one attached hydrogen (secondary N) is 1. The van der Waals surface area contributed by atoms with Gasteiger partial charge in [0.2, 0.25) is 5.91 Å². The molecule has 2 aliphatic rings. The van der Waals surface area contributed by atoms with Crippen molar-refractivity contribution in [1.82, 2.24) is 10.2 Å². The Morgan fingerprint density at radius 3 is 2.29 bits per heavy atom. The van der Waals surface area contributed by atoms with Gasteiger partial charge in [0.05, 0.1) is 6.10 Å². The van der Waals surface area contributed by atoms with E-state index in [-0.39, 0.29) is 38.5 Å². The standard InChI is InChI=1S/C25H28N2O7/c1-33-11-10-21(23(29)27-13-15(28)12-22(27)24(30)31)26-25(32)34-14-20-18-8-4-2-6-16(18)17-7-3-5-9-19(17)20/h2-9,15,20-22,28H,10-14H2,1H3,(H,26,32)(H,30,31)/t15-,21?,22+/m1/s1. The number of amides is 2. The van der Waals surface area contributed by atoms with Crippen LogP contribution in [0.5, 0.6) is 0 Å². The van der Waals surface area contributed by atoms with E-state index in [1.54, 1.807) is 0 Å². The zero-order valence-corrected chi connectivity index (χ0v) is 18.8. The minimum Gasteiger partial charge on any atom is -0.480 e. The number of fused-ring (bicyclic) bond motifs is 3. The van der Waals surface area contributed by atoms with Gasteiger partial charge in [0.15, 0.2) is 0 Å². The van der Waals surface area contributed by atoms with Gasteiger partial charge in [0.25, 0.3) is 0 Å². The Bertz CT molecular complexity index is 1030. The van der Waals surface area contributed by atoms with Crippen molar-refractivity contribution in [2.45, 2.75) is 36.9 Å². The summed E-state index contributed by atoms with van der Waals surface area (Å²) in [7, 11) is 1.47. The van der Waals surface area contributed by atoms with Crippen molar-refractivity contribution < 1.29 is 34.1 Å². The van der Waals surface area contributed by atoms with E-state index >= 15 is 0 Å². The first-order valence-electron chi connectivity index (χ1n) is 11.2. The van der Waals surface area contributed by atoms with Gasteiger partial charge >= 0.3 is 12.1 Å². The average molecular weight is 469 g/mol. The number of β-amino-alcohol motifs (C(OH)–C–C–N with tert-alkyl or cyclic N) is 1. The maximum atomic E-state index is 13.1. The van der Waals surface area contributed by atoms with Gasteiger partial charge in [-0.15, -0.1) is 0 Å². The Balaban J connectivity index is 1.44. The van der Waals surface area contributed by atoms with E-state index in [4.69, 9.17) is 9.47 Å². The molecule has 1 fully saturated rings. The van der Waals surface area contributed by atoms with Crippen molar-refractivity contribution in [3.63, 3.8) is 0 Å². The fourth-order valence-corrected chi connectivity index (χ4v) is 4.77. The van der Waals surface area contributed by atoms with Crippen molar-refractivity contribution in [3.05, 3.63) is 59.7 Å². The molecule has 2 aromatic carbocycles. The van der Waals surface area contributed by atoms with Crippen LogP contribution in [0, 0.1) is 0 Å². The highest BCUT2D eigenvalue weighted by Crippen LogP contribution is 2.44. The second kappa shape index (κ2) is 10.2. The summed E-state index contributed by atoms with van der Waals surface area (Å²) in [5, 5.41) is 21.9. The van der Waals surface area contributed by atoms with Gasteiger partial charge in [-0.1, -0.05) is 48.5 Å². The highest BCUT2D eigenvalue weighted by molar-refractivity contribution is 5.90. The molecule has 1 aliphatic heterocycles. The number of hydrogen-bond acceptors (Lipinski definition) is 6. The number of rotatable bonds is 8. The molecule has 180 valence electrons. The van der Waals surface area contributed by atoms with E-state index in [9.17, 15) is 24.6 Å². The van der Waals surface area contributed by atoms with Gasteiger partial charge in [-0.2, -0.15) is 0 Å². The van der Waals surface area contributed by atoms with Crippen LogP contribution in [0.3, 0.4) is 0 Å². The molecule has 9 heteroatoms. The van der Waals surface area contributed by atoms with Gasteiger partial charge in [-0.3, -0.25) is 4.79 Å². The molecule has 1 aliphatic carbocycles. The summed E-state index contributed by atoms with van der Waals surface area (Å²) in [5.74, 6) is -1.91. The summed E-state index contributed by atoms with van der Waals surface area (Å²) < 4.78 is 10.6. The molecule has 1 unspecified atom stereocenters. The summed E-state index contributed by atoms with van der Waals surface area (Å²) >= 11 is 0. The maximum Gasteiger partial charge on any atom is 0.407 e. The molecular formula is C25H28N2O7. The lowest BCUT2D eigenvalue weighted by Crippen LogP contribution is -2.52. The molecule has 3 atom stereocenters. The number of carbonyl (C=O) groups excluding carboxylic acids is 2. The third kappa shape index (κ3) is 4.76. The fourth-order valence-electron chi connectivity index (χ4n) is 4.77. The van der Waals surface area contributed by atoms with Crippen molar-refractivity contribution in [1.29, 1.82) is 0 Å². The van der Waals surface area contributed by atoms with E-state index in [1.807, 2.05) is 48.5 Å². The monoisotopic (exact) mass is 468 g/mol. The molecule has 0 bridgehead atoms. The summed E-state index contributed by atoms with van der Waals surface area (Å²) in [6.07, 6.45) is -1.62. The zero-order chi connectivity index (χ0) is 24.2. The van der Waals surface area contributed by atoms with E-state index in [1.165, 1.54) is 7.11 Å². The Morgan fingerprint density at radius 2 is 1.71 bits per heavy atom. The van der Waals surface area contributed by atoms with E-state index < -0.39 is 36.2 Å². The molecule has 0 radical (unpaired) electrons. The van der Waals surface area contributed by atoms with E-state index in [0.717, 1.165) is 27.2 Å². The van der Waals surface area contributed by atoms with Crippen molar-refractivity contribution in [3.8, 4) is 11.1 Å². The number of aliphatic hydroxyl groups excluding tert-OH is 1. The molecule has 34 heavy (non-hydrogen) atoms. The van der Waals surface area contributed by atoms with E-state index in [2.05, 4.69) is 5.32 Å². The number of likely N-dealkylation sites (tertiary alicyclic amines) is 1. The molecule has 1 heterocycles. The molecule has 9 nitrogen and oxygen atoms in total. The van der Waals surface area contributed by atoms with Crippen LogP contribution in [0.15, 0.2) is 48.5 Å². The lowest BCUT2D eigenvalue weighted by Gasteiger charge is -2.27. The Kier molecular flexibility index (Phi) is 7.14. The highest BCUT2D eigenvalue weighted by Gasteiger charge is 2.41. The minimum absolute atomic E-state index is 0.0526. The largest absolute Gasteiger partial charge is 0.480 e. The Morgan fingerprint density at radius 1 is 1.09 bits per heavy atom. The summed E-state index contributed by atoms with van der Waals surface area (Å²) in [6.45, 7) is 0.158. The number of methoxy groups -OCH3 is 1. The third-order valence-electron chi connectivity index (χ3n) is 6.39. The topological polar surface area (TPSA) is 125 Å². The normalized spacial score (nSPS) is 19.9. The van der Waals surface area contributed by atoms with Crippen LogP contribution < -0.4 is 5.32 Å². The first-order chi connectivity index (χ1) is 16.4. The first kappa shape index (κ1) is 23.7. The first-order valence-corrected chi connectivity index (χ1v) is 11.2. The van der Waals surface area contributed by atoms with Crippen molar-refractivity contribution in [2.24, 2.45) is 0 Å². The SMILES string of the molecule is COCCC(NC(=O)OCC1c2ccccc2-c2ccccc21)C(=O)N1C[C@H](O)C[C@H]1C(=O)O. The van der Waals surface area contributed by atoms with E-state index in [0.29, 0.717) is 0 Å². The molecule has 0 spiro atoms. The van der Waals surface area contributed by atoms with Gasteiger partial charge in [-0.05, 0) is 22.3 Å². The molecule has 1 saturated heterocycles. The summed E-state index contributed by atoms with van der Waals surface area (Å²) in [5.41, 5.74) is 4.35. The predicted octanol–water partition coefficient (Wildman–Crippen LogP) is 1.98. The second-order valence-electron chi connectivity index (χ2n) is 8.54. The lowest BCUT2D eigenvalue weighted by atomic mass is 9.98. The third-order valence-corrected chi connectivity index (χ3v) is 6.39. The van der Waals surface area contributed by atoms with Crippen LogP contribution in [0.4, 0.5) is 4.79 Å². The molecule has 0 saturated carbocycles. The van der Waals surface area contributed by atoms with Crippen molar-refractivity contribution in [2.75, 3.05) is 26.9 Å². The van der Waals surface area contributed by atoms with Crippen LogP contribution in [0.1, 0.15) is 29.9 Å². The molecular weight excluding hydrogens is 440 g/mol. The van der Waals surface area contributed by atoms with Crippen molar-refractivity contribution >= 4 is 18.0 Å². The summed E-state index contributed by atoms with van der Waals surface area (Å²) in [6, 6.07) is 13.7. The van der Waals surface area contributed by atoms with Crippen LogP contribution >= 0.6 is 0 Å². The number of alkyl carbamates (subject to hydrolysis) is 1. The number of carboxylic acid groups (broad SMARTS) is 1. The van der Waals surface area contributed by atoms with Gasteiger partial charge in [0.1, 0.15) is 18.7 Å². The van der Waals surface area contributed by atoms with Crippen LogP contribution in [-0.2, 0) is 19.1 Å². The quantitative estimate of drug-likeness (QED) is 0.541. The van der Waals surface area contributed by atoms with Crippen LogP contribution in [0.2, 0.25) is 0 Å². The second-order valence-corrected chi connectivity index (χ2v) is 8.54. The molecule has 4 rings (SSSR count). The van der Waals surface area contributed by atoms with Gasteiger partial charge in [-0.25, -0.2) is 9.59 Å². The number of nitrogens with zero attached hydrogens (tertiary/aromatic N) is 1. The number of benzene rings is 2. The van der Waals surface area contributed by atoms with Gasteiger partial charge in [0, 0.05) is 39.0 Å². The lowest BCUT2D eigenvalue weighted by molar-refractivity contribution is -0.149. The Labute approximate surface area is 197 Å². The smallest absolute Gasteiger partial charge is 0.407 e. The number of hydrogen-bond donors (Lipinski definition) is 3. The minimum atomic E-state index is -1.20. The average Bonchev–Trinajstić information content (AvgIpc) is 3.38. The molecule has 2 amide bonds. The highest BCUT2D eigenvalue weighted by atomic mass is 16.5. The molecule has 0 aromatic heterocycles. The van der Waals surface area contributed by atoms with Crippen LogP contribution in [0.25, 0.3) is 11.1 Å². The number of aliphatic carboxylic acids is 1. The number of aliphatic hydroxyl groups is 1. The fraction of sp³-hybridized carbons (Fsp3) is 0.400. The maximum absolute atomic E-state index is 13.1. The number of carboxylic acids is 1. The van der Waals surface area contributed by atoms with Gasteiger partial charge < -0.3 is 29.9 Å². The van der Waals surface area contributed by atoms with Crippen LogP contribution in [-0.4, -0.2) is 78.1 Å². The Hall–Kier alpha value is -3.43. The predicted molar refractivity (Wildman–Crippen MR) is 122 cm³/mol. The molecule has 2 aromatic rings. The number of carbonyl (C=O) groups is 3.